The fraction of sp³-hybridized carbons (Fsp3) is 0.615. The van der Waals surface area contributed by atoms with Crippen LogP contribution < -0.4 is 5.32 Å². The summed E-state index contributed by atoms with van der Waals surface area (Å²) >= 11 is 0. The Kier molecular flexibility index (Phi) is 5.60. The van der Waals surface area contributed by atoms with Crippen LogP contribution in [0.2, 0.25) is 0 Å². The monoisotopic (exact) mass is 275 g/mol. The second-order valence-corrected chi connectivity index (χ2v) is 5.32. The zero-order chi connectivity index (χ0) is 14.6. The number of hydrogen-bond acceptors (Lipinski definition) is 3. The van der Waals surface area contributed by atoms with Crippen molar-refractivity contribution in [2.45, 2.75) is 26.3 Å². The number of nitrogens with one attached hydrogen (secondary N) is 1. The van der Waals surface area contributed by atoms with Crippen LogP contribution >= 0.6 is 0 Å². The first-order chi connectivity index (χ1) is 8.79. The van der Waals surface area contributed by atoms with Gasteiger partial charge < -0.3 is 10.2 Å². The van der Waals surface area contributed by atoms with E-state index in [2.05, 4.69) is 10.3 Å². The Labute approximate surface area is 111 Å². The third kappa shape index (κ3) is 5.06. The molecule has 0 spiro atoms. The van der Waals surface area contributed by atoms with Gasteiger partial charge in [-0.2, -0.15) is 9.37 Å². The molecule has 0 aliphatic carbocycles. The second-order valence-electron chi connectivity index (χ2n) is 5.32. The molecule has 1 aromatic rings. The SMILES string of the molecule is CC(C)CC(CN(C)C)Nc1nc(F)c(F)cc1F. The van der Waals surface area contributed by atoms with Crippen LogP contribution in [0.1, 0.15) is 20.3 Å². The maximum atomic E-state index is 13.5. The van der Waals surface area contributed by atoms with E-state index in [1.807, 2.05) is 32.8 Å². The van der Waals surface area contributed by atoms with Crippen LogP contribution in [0.3, 0.4) is 0 Å². The molecule has 19 heavy (non-hydrogen) atoms. The van der Waals surface area contributed by atoms with E-state index >= 15 is 0 Å². The van der Waals surface area contributed by atoms with E-state index in [1.165, 1.54) is 0 Å². The largest absolute Gasteiger partial charge is 0.364 e. The number of nitrogens with zero attached hydrogens (tertiary/aromatic N) is 2. The Hall–Kier alpha value is -1.30. The summed E-state index contributed by atoms with van der Waals surface area (Å²) in [6, 6.07) is 0.425. The van der Waals surface area contributed by atoms with Crippen molar-refractivity contribution in [3.63, 3.8) is 0 Å². The Balaban J connectivity index is 2.86. The molecule has 6 heteroatoms. The average molecular weight is 275 g/mol. The molecule has 1 N–H and O–H groups in total. The molecule has 1 aromatic heterocycles. The van der Waals surface area contributed by atoms with Crippen molar-refractivity contribution < 1.29 is 13.2 Å². The van der Waals surface area contributed by atoms with Gasteiger partial charge in [0, 0.05) is 18.7 Å². The van der Waals surface area contributed by atoms with Crippen LogP contribution in [0, 0.1) is 23.5 Å². The van der Waals surface area contributed by atoms with Gasteiger partial charge in [-0.25, -0.2) is 8.78 Å². The number of anilines is 1. The topological polar surface area (TPSA) is 28.2 Å². The normalized spacial score (nSPS) is 13.1. The third-order valence-electron chi connectivity index (χ3n) is 2.57. The molecule has 0 radical (unpaired) electrons. The first kappa shape index (κ1) is 15.8. The summed E-state index contributed by atoms with van der Waals surface area (Å²) in [6.45, 7) is 4.73. The smallest absolute Gasteiger partial charge is 0.251 e. The molecular formula is C13H20F3N3. The highest BCUT2D eigenvalue weighted by Crippen LogP contribution is 2.17. The Bertz CT molecular complexity index is 412. The summed E-state index contributed by atoms with van der Waals surface area (Å²) in [7, 11) is 3.79. The van der Waals surface area contributed by atoms with Crippen LogP contribution in [-0.2, 0) is 0 Å². The second kappa shape index (κ2) is 6.75. The minimum atomic E-state index is -1.29. The molecule has 1 heterocycles. The average Bonchev–Trinajstić information content (AvgIpc) is 2.23. The van der Waals surface area contributed by atoms with Gasteiger partial charge in [0.15, 0.2) is 17.5 Å². The zero-order valence-corrected chi connectivity index (χ0v) is 11.7. The fourth-order valence-corrected chi connectivity index (χ4v) is 1.93. The molecule has 3 nitrogen and oxygen atoms in total. The summed E-state index contributed by atoms with van der Waals surface area (Å²) in [4.78, 5) is 5.22. The summed E-state index contributed by atoms with van der Waals surface area (Å²) in [6.07, 6.45) is 0.776. The fourth-order valence-electron chi connectivity index (χ4n) is 1.93. The molecule has 0 amide bonds. The molecule has 108 valence electrons. The van der Waals surface area contributed by atoms with Crippen molar-refractivity contribution in [2.24, 2.45) is 5.92 Å². The van der Waals surface area contributed by atoms with Crippen LogP contribution in [0.4, 0.5) is 19.0 Å². The summed E-state index contributed by atoms with van der Waals surface area (Å²) < 4.78 is 39.4. The van der Waals surface area contributed by atoms with Gasteiger partial charge in [0.2, 0.25) is 0 Å². The number of halogens is 3. The molecule has 0 fully saturated rings. The van der Waals surface area contributed by atoms with Crippen molar-refractivity contribution in [3.8, 4) is 0 Å². The van der Waals surface area contributed by atoms with Crippen molar-refractivity contribution in [1.29, 1.82) is 0 Å². The lowest BCUT2D eigenvalue weighted by atomic mass is 10.0. The quantitative estimate of drug-likeness (QED) is 0.809. The van der Waals surface area contributed by atoms with Gasteiger partial charge in [-0.15, -0.1) is 0 Å². The molecule has 0 saturated heterocycles. The van der Waals surface area contributed by atoms with Crippen molar-refractivity contribution >= 4 is 5.82 Å². The standard InChI is InChI=1S/C13H20F3N3/c1-8(2)5-9(7-19(3)4)17-13-11(15)6-10(14)12(16)18-13/h6,8-9H,5,7H2,1-4H3,(H,17,18). The lowest BCUT2D eigenvalue weighted by molar-refractivity contribution is 0.354. The van der Waals surface area contributed by atoms with E-state index in [4.69, 9.17) is 0 Å². The minimum Gasteiger partial charge on any atom is -0.364 e. The predicted octanol–water partition coefficient (Wildman–Crippen LogP) is 2.89. The lowest BCUT2D eigenvalue weighted by Crippen LogP contribution is -2.34. The Morgan fingerprint density at radius 2 is 1.84 bits per heavy atom. The van der Waals surface area contributed by atoms with Crippen molar-refractivity contribution in [3.05, 3.63) is 23.6 Å². The summed E-state index contributed by atoms with van der Waals surface area (Å²) in [5, 5.41) is 2.84. The van der Waals surface area contributed by atoms with E-state index in [0.29, 0.717) is 18.5 Å². The number of likely N-dealkylation sites (N-methyl/N-ethyl adjacent to an activating group) is 1. The van der Waals surface area contributed by atoms with E-state index in [1.54, 1.807) is 0 Å². The molecule has 0 bridgehead atoms. The van der Waals surface area contributed by atoms with Gasteiger partial charge >= 0.3 is 0 Å². The van der Waals surface area contributed by atoms with Gasteiger partial charge in [-0.1, -0.05) is 13.8 Å². The Morgan fingerprint density at radius 1 is 1.21 bits per heavy atom. The van der Waals surface area contributed by atoms with E-state index < -0.39 is 17.6 Å². The molecule has 0 aliphatic rings. The van der Waals surface area contributed by atoms with E-state index in [0.717, 1.165) is 6.42 Å². The molecule has 1 unspecified atom stereocenters. The van der Waals surface area contributed by atoms with Crippen LogP contribution in [-0.4, -0.2) is 36.6 Å². The van der Waals surface area contributed by atoms with Gasteiger partial charge in [0.25, 0.3) is 5.95 Å². The van der Waals surface area contributed by atoms with Crippen molar-refractivity contribution in [1.82, 2.24) is 9.88 Å². The van der Waals surface area contributed by atoms with Crippen LogP contribution in [0.5, 0.6) is 0 Å². The molecule has 1 rings (SSSR count). The minimum absolute atomic E-state index is 0.0816. The Morgan fingerprint density at radius 3 is 2.37 bits per heavy atom. The number of rotatable bonds is 6. The van der Waals surface area contributed by atoms with E-state index in [-0.39, 0.29) is 11.9 Å². The van der Waals surface area contributed by atoms with Gasteiger partial charge in [0.1, 0.15) is 0 Å². The molecule has 0 saturated carbocycles. The summed E-state index contributed by atoms with van der Waals surface area (Å²) in [5.74, 6) is -3.31. The maximum absolute atomic E-state index is 13.5. The van der Waals surface area contributed by atoms with Crippen molar-refractivity contribution in [2.75, 3.05) is 26.0 Å². The first-order valence-corrected chi connectivity index (χ1v) is 6.22. The highest BCUT2D eigenvalue weighted by molar-refractivity contribution is 5.37. The van der Waals surface area contributed by atoms with Gasteiger partial charge in [-0.3, -0.25) is 0 Å². The highest BCUT2D eigenvalue weighted by atomic mass is 19.2. The highest BCUT2D eigenvalue weighted by Gasteiger charge is 2.17. The number of hydrogen-bond donors (Lipinski definition) is 1. The lowest BCUT2D eigenvalue weighted by Gasteiger charge is -2.24. The zero-order valence-electron chi connectivity index (χ0n) is 11.7. The van der Waals surface area contributed by atoms with Gasteiger partial charge in [0.05, 0.1) is 0 Å². The van der Waals surface area contributed by atoms with Gasteiger partial charge in [-0.05, 0) is 26.4 Å². The molecular weight excluding hydrogens is 255 g/mol. The molecule has 1 atom stereocenters. The molecule has 0 aliphatic heterocycles. The number of pyridine rings is 1. The molecule has 0 aromatic carbocycles. The number of aromatic nitrogens is 1. The van der Waals surface area contributed by atoms with Crippen LogP contribution in [0.25, 0.3) is 0 Å². The maximum Gasteiger partial charge on any atom is 0.251 e. The summed E-state index contributed by atoms with van der Waals surface area (Å²) in [5.41, 5.74) is 0. The predicted molar refractivity (Wildman–Crippen MR) is 69.5 cm³/mol. The van der Waals surface area contributed by atoms with E-state index in [9.17, 15) is 13.2 Å². The van der Waals surface area contributed by atoms with Crippen LogP contribution in [0.15, 0.2) is 6.07 Å². The third-order valence-corrected chi connectivity index (χ3v) is 2.57. The first-order valence-electron chi connectivity index (χ1n) is 6.22.